The largest absolute Gasteiger partial charge is 0.573 e. The molecule has 9 atom stereocenters. The summed E-state index contributed by atoms with van der Waals surface area (Å²) < 4.78 is 48.3. The van der Waals surface area contributed by atoms with Crippen LogP contribution >= 0.6 is 34.2 Å². The van der Waals surface area contributed by atoms with Crippen molar-refractivity contribution in [3.8, 4) is 5.75 Å². The van der Waals surface area contributed by atoms with Crippen LogP contribution in [0.4, 0.5) is 13.2 Å². The summed E-state index contributed by atoms with van der Waals surface area (Å²) in [5.41, 5.74) is 1.00. The minimum Gasteiger partial charge on any atom is -0.406 e. The van der Waals surface area contributed by atoms with Gasteiger partial charge >= 0.3 is 6.36 Å². The van der Waals surface area contributed by atoms with Crippen LogP contribution in [0.25, 0.3) is 0 Å². The molecule has 0 radical (unpaired) electrons. The average Bonchev–Trinajstić information content (AvgIpc) is 0.808. The Labute approximate surface area is 672 Å². The van der Waals surface area contributed by atoms with Crippen LogP contribution in [0.1, 0.15) is 178 Å². The zero-order valence-electron chi connectivity index (χ0n) is 67.2. The Bertz CT molecular complexity index is 3630. The van der Waals surface area contributed by atoms with E-state index >= 15 is 47.9 Å². The number of amides is 12. The maximum absolute atomic E-state index is 15.9. The van der Waals surface area contributed by atoms with Crippen LogP contribution in [-0.4, -0.2) is 243 Å². The minimum atomic E-state index is -5.22. The van der Waals surface area contributed by atoms with Gasteiger partial charge in [-0.05, 0) is 174 Å². The number of ether oxygens (including phenoxy) is 1. The normalized spacial score (nSPS) is 22.4. The number of piperidine rings is 1. The van der Waals surface area contributed by atoms with Crippen molar-refractivity contribution in [1.29, 1.82) is 0 Å². The molecule has 2 heterocycles. The lowest BCUT2D eigenvalue weighted by Crippen LogP contribution is -2.62. The van der Waals surface area contributed by atoms with Gasteiger partial charge in [0.2, 0.25) is 70.9 Å². The molecule has 0 aliphatic carbocycles. The predicted molar refractivity (Wildman–Crippen MR) is 427 cm³/mol. The second-order valence-corrected chi connectivity index (χ2v) is 31.1. The molecule has 5 rings (SSSR count). The van der Waals surface area contributed by atoms with E-state index in [0.29, 0.717) is 61.3 Å². The van der Waals surface area contributed by atoms with Gasteiger partial charge in [0, 0.05) is 86.8 Å². The van der Waals surface area contributed by atoms with Crippen molar-refractivity contribution >= 4 is 105 Å². The second-order valence-electron chi connectivity index (χ2n) is 29.4. The van der Waals surface area contributed by atoms with E-state index in [9.17, 15) is 22.8 Å². The van der Waals surface area contributed by atoms with Gasteiger partial charge in [0.25, 0.3) is 0 Å². The molecule has 0 saturated carbocycles. The first-order valence-corrected chi connectivity index (χ1v) is 41.0. The summed E-state index contributed by atoms with van der Waals surface area (Å²) in [6.07, 6.45) is -3.59. The Kier molecular flexibility index (Phi) is 38.4. The number of nitrogens with one attached hydrogen (secondary N) is 4. The quantitative estimate of drug-likeness (QED) is 0.0610. The van der Waals surface area contributed by atoms with Crippen LogP contribution in [0.5, 0.6) is 5.75 Å². The number of likely N-dealkylation sites (N-methyl/N-ethyl adjacent to an activating group) is 7. The highest BCUT2D eigenvalue weighted by Gasteiger charge is 2.45. The van der Waals surface area contributed by atoms with E-state index in [2.05, 4.69) is 48.6 Å². The number of alkyl halides is 3. The van der Waals surface area contributed by atoms with Gasteiger partial charge in [0.1, 0.15) is 54.1 Å². The van der Waals surface area contributed by atoms with Crippen LogP contribution < -0.4 is 26.0 Å². The van der Waals surface area contributed by atoms with Crippen molar-refractivity contribution < 1.29 is 75.4 Å². The molecule has 2 fully saturated rings. The van der Waals surface area contributed by atoms with Crippen molar-refractivity contribution in [1.82, 2.24) is 60.5 Å². The summed E-state index contributed by atoms with van der Waals surface area (Å²) in [7, 11) is 0. The third-order valence-electron chi connectivity index (χ3n) is 20.6. The number of para-hydroxylation sites is 1. The average molecular weight is 1690 g/mol. The molecule has 0 unspecified atom stereocenters. The fourth-order valence-corrected chi connectivity index (χ4v) is 15.1. The topological polar surface area (TPSA) is 288 Å². The molecule has 30 heteroatoms. The minimum absolute atomic E-state index is 0.0149. The van der Waals surface area contributed by atoms with E-state index in [1.165, 1.54) is 54.5 Å². The lowest BCUT2D eigenvalue weighted by Gasteiger charge is -2.39. The Hall–Kier alpha value is -8.09. The monoisotopic (exact) mass is 1690 g/mol. The van der Waals surface area contributed by atoms with Gasteiger partial charge in [-0.25, -0.2) is 0 Å². The van der Waals surface area contributed by atoms with Crippen molar-refractivity contribution in [2.45, 2.75) is 235 Å². The first-order chi connectivity index (χ1) is 52.6. The van der Waals surface area contributed by atoms with Gasteiger partial charge in [0.15, 0.2) is 0 Å². The van der Waals surface area contributed by atoms with Gasteiger partial charge in [-0.2, -0.15) is 0 Å². The number of likely N-dealkylation sites (tertiary alicyclic amines) is 1. The number of halogens is 5. The van der Waals surface area contributed by atoms with E-state index in [4.69, 9.17) is 11.6 Å². The van der Waals surface area contributed by atoms with Gasteiger partial charge in [-0.3, -0.25) is 57.5 Å². The smallest absolute Gasteiger partial charge is 0.406 e. The molecule has 3 aromatic rings. The fraction of sp³-hybridized carbons (Fsp3) is 0.630. The number of nitrogens with zero attached hydrogens (tertiary/aromatic N) is 8. The molecule has 0 bridgehead atoms. The van der Waals surface area contributed by atoms with Crippen molar-refractivity contribution in [3.05, 3.63) is 98.1 Å². The Morgan fingerprint density at radius 2 is 1.10 bits per heavy atom. The lowest BCUT2D eigenvalue weighted by molar-refractivity contribution is -0.275. The first-order valence-electron chi connectivity index (χ1n) is 39.5. The van der Waals surface area contributed by atoms with Gasteiger partial charge < -0.3 is 65.2 Å². The molecule has 25 nitrogen and oxygen atoms in total. The van der Waals surface area contributed by atoms with Crippen molar-refractivity contribution in [3.63, 3.8) is 0 Å². The number of benzene rings is 3. The number of carbonyl (C=O) groups is 12. The molecule has 3 aromatic carbocycles. The molecule has 0 spiro atoms. The van der Waals surface area contributed by atoms with E-state index in [-0.39, 0.29) is 95.3 Å². The SMILES string of the molecule is CCCC[C@@H]1NC(=O)[C@H](Cc2cccc(I)c2)NC(=O)CN(CC)C(=O)[C@H](Cc2ccc(Cl)cc2)N(CC)C(=O)CN(CC)C(=O)CN(CC)C(=O)[C@H]([C@@H](C)CC)NC(=O)[C@H](CC(C)C)N(CC)C(=O)C[C@@H](C(=O)N2CCCCC2)N(CC)C(=O)[C@H](CC(C)C)NC(=O)[C@H](Cc2ccccc2OC(F)(F)F)N(CC)C1=O. The van der Waals surface area contributed by atoms with Gasteiger partial charge in [0.05, 0.1) is 26.1 Å². The van der Waals surface area contributed by atoms with Crippen molar-refractivity contribution in [2.24, 2.45) is 17.8 Å². The summed E-state index contributed by atoms with van der Waals surface area (Å²) in [4.78, 5) is 194. The molecule has 2 aliphatic rings. The summed E-state index contributed by atoms with van der Waals surface area (Å²) >= 11 is 8.44. The molecular weight excluding hydrogens is 1570 g/mol. The van der Waals surface area contributed by atoms with Crippen LogP contribution in [-0.2, 0) is 76.8 Å². The number of carbonyl (C=O) groups excluding carboxylic acids is 12. The molecular formula is C81H119ClF3IN12O13. The summed E-state index contributed by atoms with van der Waals surface area (Å²) in [5.74, 6) is -10.7. The number of hydrogen-bond donors (Lipinski definition) is 4. The first kappa shape index (κ1) is 93.5. The van der Waals surface area contributed by atoms with Crippen LogP contribution in [0.3, 0.4) is 0 Å². The highest BCUT2D eigenvalue weighted by atomic mass is 127. The summed E-state index contributed by atoms with van der Waals surface area (Å²) in [6, 6.07) is 7.23. The lowest BCUT2D eigenvalue weighted by atomic mass is 9.95. The summed E-state index contributed by atoms with van der Waals surface area (Å²) in [6.45, 7) is 22.2. The summed E-state index contributed by atoms with van der Waals surface area (Å²) in [5, 5.41) is 11.9. The molecule has 12 amide bonds. The maximum Gasteiger partial charge on any atom is 0.573 e. The third-order valence-corrected chi connectivity index (χ3v) is 21.5. The zero-order chi connectivity index (χ0) is 82.6. The molecule has 111 heavy (non-hydrogen) atoms. The Morgan fingerprint density at radius 3 is 1.67 bits per heavy atom. The van der Waals surface area contributed by atoms with Crippen molar-refractivity contribution in [2.75, 3.05) is 78.5 Å². The van der Waals surface area contributed by atoms with Crippen LogP contribution in [0, 0.1) is 21.3 Å². The molecule has 0 aromatic heterocycles. The Balaban J connectivity index is 1.80. The zero-order valence-corrected chi connectivity index (χ0v) is 70.1. The molecule has 2 saturated heterocycles. The number of hydrogen-bond acceptors (Lipinski definition) is 13. The van der Waals surface area contributed by atoms with Crippen LogP contribution in [0.2, 0.25) is 5.02 Å². The highest BCUT2D eigenvalue weighted by molar-refractivity contribution is 14.1. The van der Waals surface area contributed by atoms with Crippen LogP contribution in [0.15, 0.2) is 72.8 Å². The maximum atomic E-state index is 15.9. The van der Waals surface area contributed by atoms with E-state index in [1.54, 1.807) is 110 Å². The predicted octanol–water partition coefficient (Wildman–Crippen LogP) is 8.97. The number of rotatable bonds is 24. The number of unbranched alkanes of at least 4 members (excludes halogenated alkanes) is 1. The molecule has 616 valence electrons. The fourth-order valence-electron chi connectivity index (χ4n) is 14.3. The third kappa shape index (κ3) is 27.6. The van der Waals surface area contributed by atoms with E-state index in [1.807, 2.05) is 33.8 Å². The Morgan fingerprint density at radius 1 is 0.532 bits per heavy atom. The molecule has 2 aliphatic heterocycles. The standard InChI is InChI=1S/C81H119ClF3IN12O13/c1-15-24-34-60-76(106)97(22-8)64(47-57-32-26-27-35-67(57)111-81(83,84)85)74(104)89-62(42-52(10)11)77(107)98(23-9)66(79(109)94-40-28-25-29-41-94)48-69(100)95(20-6)63(43-53(12)13)75(105)90-72(54(14)16-2)80(110)93(19-5)50-70(101)91(17-3)51-71(102)96(21-7)65(46-55-36-38-58(82)39-37-55)78(108)92(18-4)49-68(99)87-61(73(103)88-60)45-56-31-30-33-59(86)44-56/h26-27,30-33,35-39,44,52-54,60-66,72H,15-25,28-29,34,40-43,45-51H2,1-14H3,(H,87,99)(H,88,103)(H,89,104)(H,90,105)/t54-,60-,61-,62-,63-,64-,65-,66-,72-/m0/s1. The van der Waals surface area contributed by atoms with E-state index in [0.717, 1.165) is 21.0 Å². The highest BCUT2D eigenvalue weighted by Crippen LogP contribution is 2.30. The van der Waals surface area contributed by atoms with Gasteiger partial charge in [-0.1, -0.05) is 122 Å². The van der Waals surface area contributed by atoms with E-state index < -0.39 is 170 Å². The molecule has 4 N–H and O–H groups in total. The second kappa shape index (κ2) is 45.6. The van der Waals surface area contributed by atoms with Gasteiger partial charge in [-0.15, -0.1) is 13.2 Å².